The van der Waals surface area contributed by atoms with Crippen molar-refractivity contribution in [3.8, 4) is 0 Å². The van der Waals surface area contributed by atoms with Crippen molar-refractivity contribution >= 4 is 36.0 Å². The molecule has 0 bridgehead atoms. The Morgan fingerprint density at radius 1 is 1.20 bits per heavy atom. The Labute approximate surface area is 152 Å². The van der Waals surface area contributed by atoms with Gasteiger partial charge in [-0.3, -0.25) is 0 Å². The van der Waals surface area contributed by atoms with E-state index >= 15 is 0 Å². The van der Waals surface area contributed by atoms with E-state index in [-0.39, 0.29) is 5.70 Å². The van der Waals surface area contributed by atoms with E-state index in [1.54, 1.807) is 5.41 Å². The molecule has 3 rings (SSSR count). The number of anilines is 1. The van der Waals surface area contributed by atoms with Gasteiger partial charge in [-0.1, -0.05) is 23.9 Å². The van der Waals surface area contributed by atoms with Gasteiger partial charge in [0.25, 0.3) is 0 Å². The SMILES string of the molecule is CC1(Nc2cccc(B3OC(C)(C)C(C)(C)O3)c2)NC(C(=O)O)=CS1. The lowest BCUT2D eigenvalue weighted by atomic mass is 9.79. The molecule has 8 heteroatoms. The van der Waals surface area contributed by atoms with Gasteiger partial charge in [0, 0.05) is 11.1 Å². The predicted molar refractivity (Wildman–Crippen MR) is 101 cm³/mol. The van der Waals surface area contributed by atoms with Crippen LogP contribution >= 0.6 is 11.8 Å². The van der Waals surface area contributed by atoms with Crippen LogP contribution in [0.25, 0.3) is 0 Å². The second-order valence-corrected chi connectivity index (χ2v) is 8.74. The molecule has 1 fully saturated rings. The number of rotatable bonds is 4. The van der Waals surface area contributed by atoms with Crippen molar-refractivity contribution < 1.29 is 19.2 Å². The lowest BCUT2D eigenvalue weighted by Gasteiger charge is -2.32. The molecule has 1 atom stereocenters. The van der Waals surface area contributed by atoms with Crippen molar-refractivity contribution in [2.75, 3.05) is 5.32 Å². The van der Waals surface area contributed by atoms with Crippen molar-refractivity contribution in [2.24, 2.45) is 0 Å². The van der Waals surface area contributed by atoms with E-state index in [0.717, 1.165) is 11.2 Å². The number of carboxylic acids is 1. The largest absolute Gasteiger partial charge is 0.494 e. The van der Waals surface area contributed by atoms with Gasteiger partial charge in [-0.25, -0.2) is 4.79 Å². The van der Waals surface area contributed by atoms with Gasteiger partial charge < -0.3 is 25.0 Å². The Kier molecular flexibility index (Phi) is 4.34. The molecule has 0 spiro atoms. The van der Waals surface area contributed by atoms with E-state index in [1.165, 1.54) is 11.8 Å². The molecule has 6 nitrogen and oxygen atoms in total. The van der Waals surface area contributed by atoms with E-state index in [9.17, 15) is 4.79 Å². The summed E-state index contributed by atoms with van der Waals surface area (Å²) in [7, 11) is -0.434. The first-order valence-electron chi connectivity index (χ1n) is 8.15. The highest BCUT2D eigenvalue weighted by Crippen LogP contribution is 2.37. The minimum atomic E-state index is -0.969. The maximum Gasteiger partial charge on any atom is 0.494 e. The van der Waals surface area contributed by atoms with Gasteiger partial charge in [0.15, 0.2) is 4.99 Å². The van der Waals surface area contributed by atoms with Gasteiger partial charge in [0.1, 0.15) is 5.70 Å². The normalized spacial score (nSPS) is 26.9. The fraction of sp³-hybridized carbons (Fsp3) is 0.471. The van der Waals surface area contributed by atoms with Crippen LogP contribution in [0.5, 0.6) is 0 Å². The Morgan fingerprint density at radius 3 is 2.40 bits per heavy atom. The van der Waals surface area contributed by atoms with E-state index in [2.05, 4.69) is 10.6 Å². The first kappa shape index (κ1) is 18.2. The van der Waals surface area contributed by atoms with Crippen LogP contribution in [0.1, 0.15) is 34.6 Å². The fourth-order valence-corrected chi connectivity index (χ4v) is 3.53. The standard InChI is InChI=1S/C17H23BN2O4S/c1-15(2)16(3,4)24-18(23-15)11-7-6-8-12(9-11)19-17(5)20-13(10-25-17)14(21)22/h6-10,19-20H,1-5H3,(H,21,22). The summed E-state index contributed by atoms with van der Waals surface area (Å²) in [5, 5.41) is 17.0. The van der Waals surface area contributed by atoms with Gasteiger partial charge >= 0.3 is 13.1 Å². The van der Waals surface area contributed by atoms with Crippen LogP contribution in [-0.2, 0) is 14.1 Å². The Bertz CT molecular complexity index is 721. The second kappa shape index (κ2) is 5.97. The molecule has 25 heavy (non-hydrogen) atoms. The molecule has 1 unspecified atom stereocenters. The molecule has 0 amide bonds. The quantitative estimate of drug-likeness (QED) is 0.710. The molecule has 0 radical (unpaired) electrons. The third-order valence-corrected chi connectivity index (χ3v) is 5.84. The van der Waals surface area contributed by atoms with Crippen molar-refractivity contribution in [1.82, 2.24) is 5.32 Å². The van der Waals surface area contributed by atoms with Crippen LogP contribution in [0.2, 0.25) is 0 Å². The van der Waals surface area contributed by atoms with Crippen LogP contribution in [0, 0.1) is 0 Å². The Morgan fingerprint density at radius 2 is 1.84 bits per heavy atom. The minimum absolute atomic E-state index is 0.183. The van der Waals surface area contributed by atoms with Crippen molar-refractivity contribution in [3.05, 3.63) is 35.4 Å². The number of thioether (sulfide) groups is 1. The number of carboxylic acid groups (broad SMARTS) is 1. The van der Waals surface area contributed by atoms with Gasteiger partial charge in [-0.05, 0) is 52.2 Å². The summed E-state index contributed by atoms with van der Waals surface area (Å²) in [6.45, 7) is 9.98. The van der Waals surface area contributed by atoms with Crippen LogP contribution < -0.4 is 16.1 Å². The lowest BCUT2D eigenvalue weighted by molar-refractivity contribution is -0.133. The third-order valence-electron chi connectivity index (χ3n) is 4.81. The molecular formula is C17H23BN2O4S. The van der Waals surface area contributed by atoms with Gasteiger partial charge in [-0.15, -0.1) is 0 Å². The Balaban J connectivity index is 1.74. The zero-order chi connectivity index (χ0) is 18.5. The highest BCUT2D eigenvalue weighted by molar-refractivity contribution is 8.03. The van der Waals surface area contributed by atoms with Crippen LogP contribution in [0.4, 0.5) is 5.69 Å². The van der Waals surface area contributed by atoms with Crippen LogP contribution in [0.3, 0.4) is 0 Å². The first-order chi connectivity index (χ1) is 11.5. The number of aliphatic carboxylic acids is 1. The molecule has 134 valence electrons. The van der Waals surface area contributed by atoms with Crippen LogP contribution in [0.15, 0.2) is 35.4 Å². The van der Waals surface area contributed by atoms with E-state index in [4.69, 9.17) is 14.4 Å². The molecule has 2 aliphatic rings. The van der Waals surface area contributed by atoms with Gasteiger partial charge in [0.2, 0.25) is 0 Å². The summed E-state index contributed by atoms with van der Waals surface area (Å²) in [5.41, 5.74) is 1.17. The molecule has 3 N–H and O–H groups in total. The molecule has 1 aromatic rings. The summed E-state index contributed by atoms with van der Waals surface area (Å²) >= 11 is 1.39. The first-order valence-corrected chi connectivity index (χ1v) is 9.03. The average Bonchev–Trinajstić information content (AvgIpc) is 2.97. The number of hydrogen-bond donors (Lipinski definition) is 3. The molecule has 1 aromatic carbocycles. The molecule has 1 saturated heterocycles. The van der Waals surface area contributed by atoms with Crippen molar-refractivity contribution in [3.63, 3.8) is 0 Å². The zero-order valence-corrected chi connectivity index (χ0v) is 15.9. The number of hydrogen-bond acceptors (Lipinski definition) is 6. The monoisotopic (exact) mass is 362 g/mol. The fourth-order valence-electron chi connectivity index (χ4n) is 2.67. The highest BCUT2D eigenvalue weighted by atomic mass is 32.2. The Hall–Kier alpha value is -1.64. The highest BCUT2D eigenvalue weighted by Gasteiger charge is 2.51. The van der Waals surface area contributed by atoms with E-state index < -0.39 is 29.3 Å². The topological polar surface area (TPSA) is 79.8 Å². The minimum Gasteiger partial charge on any atom is -0.477 e. The number of carbonyl (C=O) groups is 1. The molecule has 2 aliphatic heterocycles. The summed E-state index contributed by atoms with van der Waals surface area (Å²) < 4.78 is 12.2. The second-order valence-electron chi connectivity index (χ2n) is 7.45. The van der Waals surface area contributed by atoms with Gasteiger partial charge in [0.05, 0.1) is 11.2 Å². The summed E-state index contributed by atoms with van der Waals surface area (Å²) in [6.07, 6.45) is 0. The summed E-state index contributed by atoms with van der Waals surface area (Å²) in [4.78, 5) is 10.5. The maximum atomic E-state index is 11.1. The molecular weight excluding hydrogens is 339 g/mol. The molecule has 0 saturated carbocycles. The number of benzene rings is 1. The zero-order valence-electron chi connectivity index (χ0n) is 15.0. The summed E-state index contributed by atoms with van der Waals surface area (Å²) in [6, 6.07) is 7.79. The molecule has 0 aromatic heterocycles. The van der Waals surface area contributed by atoms with Crippen molar-refractivity contribution in [1.29, 1.82) is 0 Å². The van der Waals surface area contributed by atoms with E-state index in [1.807, 2.05) is 58.9 Å². The van der Waals surface area contributed by atoms with Gasteiger partial charge in [-0.2, -0.15) is 0 Å². The molecule has 0 aliphatic carbocycles. The lowest BCUT2D eigenvalue weighted by Crippen LogP contribution is -2.44. The number of nitrogens with one attached hydrogen (secondary N) is 2. The molecule has 2 heterocycles. The smallest absolute Gasteiger partial charge is 0.477 e. The van der Waals surface area contributed by atoms with Crippen molar-refractivity contribution in [2.45, 2.75) is 50.8 Å². The third kappa shape index (κ3) is 3.52. The average molecular weight is 362 g/mol. The van der Waals surface area contributed by atoms with E-state index in [0.29, 0.717) is 0 Å². The van der Waals surface area contributed by atoms with Crippen LogP contribution in [-0.4, -0.2) is 34.4 Å². The predicted octanol–water partition coefficient (Wildman–Crippen LogP) is 2.33. The summed E-state index contributed by atoms with van der Waals surface area (Å²) in [5.74, 6) is -0.969. The maximum absolute atomic E-state index is 11.1.